The van der Waals surface area contributed by atoms with E-state index in [9.17, 15) is 18.0 Å². The summed E-state index contributed by atoms with van der Waals surface area (Å²) in [4.78, 5) is 12.3. The first-order chi connectivity index (χ1) is 13.6. The van der Waals surface area contributed by atoms with E-state index in [1.165, 1.54) is 12.1 Å². The first kappa shape index (κ1) is 20.4. The molecule has 2 aromatic carbocycles. The van der Waals surface area contributed by atoms with Crippen LogP contribution in [-0.2, 0) is 11.0 Å². The van der Waals surface area contributed by atoms with Crippen LogP contribution in [0, 0.1) is 20.8 Å². The molecule has 0 aliphatic heterocycles. The Morgan fingerprint density at radius 1 is 1.00 bits per heavy atom. The SMILES string of the molecule is Cc1ccc(-n2nc(C)c(NC(=O)CNc3ccc(C(F)(F)F)cc3)c2C)cc1. The van der Waals surface area contributed by atoms with Crippen molar-refractivity contribution in [3.05, 3.63) is 71.0 Å². The van der Waals surface area contributed by atoms with Gasteiger partial charge in [0, 0.05) is 5.69 Å². The third-order valence-corrected chi connectivity index (χ3v) is 4.50. The molecule has 0 aliphatic rings. The van der Waals surface area contributed by atoms with Gasteiger partial charge in [-0.05, 0) is 57.2 Å². The minimum absolute atomic E-state index is 0.0834. The maximum absolute atomic E-state index is 12.6. The second-order valence-corrected chi connectivity index (χ2v) is 6.77. The molecule has 1 amide bonds. The number of hydrogen-bond donors (Lipinski definition) is 2. The molecule has 1 aromatic heterocycles. The quantitative estimate of drug-likeness (QED) is 0.640. The van der Waals surface area contributed by atoms with Crippen molar-refractivity contribution < 1.29 is 18.0 Å². The molecule has 0 fully saturated rings. The number of carbonyl (C=O) groups excluding carboxylic acids is 1. The first-order valence-corrected chi connectivity index (χ1v) is 8.99. The third-order valence-electron chi connectivity index (χ3n) is 4.50. The number of nitrogens with zero attached hydrogens (tertiary/aromatic N) is 2. The summed E-state index contributed by atoms with van der Waals surface area (Å²) in [5.41, 5.74) is 3.79. The lowest BCUT2D eigenvalue weighted by atomic mass is 10.2. The predicted octanol–water partition coefficient (Wildman–Crippen LogP) is 4.87. The number of aryl methyl sites for hydroxylation is 2. The van der Waals surface area contributed by atoms with Gasteiger partial charge < -0.3 is 10.6 Å². The summed E-state index contributed by atoms with van der Waals surface area (Å²) in [6, 6.07) is 12.4. The Bertz CT molecular complexity index is 1010. The minimum atomic E-state index is -4.39. The highest BCUT2D eigenvalue weighted by Crippen LogP contribution is 2.29. The Morgan fingerprint density at radius 3 is 2.21 bits per heavy atom. The van der Waals surface area contributed by atoms with Gasteiger partial charge in [0.25, 0.3) is 0 Å². The van der Waals surface area contributed by atoms with E-state index < -0.39 is 11.7 Å². The zero-order valence-electron chi connectivity index (χ0n) is 16.3. The lowest BCUT2D eigenvalue weighted by Gasteiger charge is -2.10. The molecule has 152 valence electrons. The maximum atomic E-state index is 12.6. The number of benzene rings is 2. The van der Waals surface area contributed by atoms with Crippen LogP contribution in [0.5, 0.6) is 0 Å². The van der Waals surface area contributed by atoms with Gasteiger partial charge in [-0.15, -0.1) is 0 Å². The summed E-state index contributed by atoms with van der Waals surface area (Å²) in [5.74, 6) is -0.320. The van der Waals surface area contributed by atoms with E-state index in [1.54, 1.807) is 11.6 Å². The number of alkyl halides is 3. The first-order valence-electron chi connectivity index (χ1n) is 8.99. The number of anilines is 2. The van der Waals surface area contributed by atoms with Gasteiger partial charge in [0.15, 0.2) is 0 Å². The lowest BCUT2D eigenvalue weighted by molar-refractivity contribution is -0.137. The zero-order valence-corrected chi connectivity index (χ0v) is 16.3. The van der Waals surface area contributed by atoms with Crippen LogP contribution < -0.4 is 10.6 Å². The Labute approximate surface area is 166 Å². The van der Waals surface area contributed by atoms with Crippen LogP contribution in [0.4, 0.5) is 24.5 Å². The van der Waals surface area contributed by atoms with Gasteiger partial charge >= 0.3 is 6.18 Å². The molecule has 3 aromatic rings. The molecule has 0 saturated heterocycles. The van der Waals surface area contributed by atoms with Crippen LogP contribution in [0.3, 0.4) is 0 Å². The van der Waals surface area contributed by atoms with Gasteiger partial charge in [-0.3, -0.25) is 4.79 Å². The normalized spacial score (nSPS) is 11.4. The standard InChI is InChI=1S/C21H21F3N4O/c1-13-4-10-18(11-5-13)28-15(3)20(14(2)27-28)26-19(29)12-25-17-8-6-16(7-9-17)21(22,23)24/h4-11,25H,12H2,1-3H3,(H,26,29). The number of halogens is 3. The molecular weight excluding hydrogens is 381 g/mol. The molecule has 5 nitrogen and oxygen atoms in total. The summed E-state index contributed by atoms with van der Waals surface area (Å²) < 4.78 is 39.6. The van der Waals surface area contributed by atoms with Gasteiger partial charge in [-0.1, -0.05) is 17.7 Å². The van der Waals surface area contributed by atoms with Crippen molar-refractivity contribution in [2.24, 2.45) is 0 Å². The van der Waals surface area contributed by atoms with Crippen molar-refractivity contribution in [1.29, 1.82) is 0 Å². The smallest absolute Gasteiger partial charge is 0.376 e. The highest BCUT2D eigenvalue weighted by Gasteiger charge is 2.29. The zero-order chi connectivity index (χ0) is 21.2. The molecule has 8 heteroatoms. The molecule has 29 heavy (non-hydrogen) atoms. The molecule has 0 aliphatic carbocycles. The van der Waals surface area contributed by atoms with Gasteiger partial charge in [0.05, 0.1) is 34.9 Å². The van der Waals surface area contributed by atoms with Crippen LogP contribution in [0.1, 0.15) is 22.5 Å². The topological polar surface area (TPSA) is 59.0 Å². The molecular formula is C21H21F3N4O. The van der Waals surface area contributed by atoms with Crippen LogP contribution in [0.2, 0.25) is 0 Å². The Morgan fingerprint density at radius 2 is 1.62 bits per heavy atom. The third kappa shape index (κ3) is 4.77. The number of amides is 1. The van der Waals surface area contributed by atoms with E-state index in [0.717, 1.165) is 29.1 Å². The Balaban J connectivity index is 1.66. The molecule has 0 atom stereocenters. The van der Waals surface area contributed by atoms with Crippen molar-refractivity contribution in [3.63, 3.8) is 0 Å². The molecule has 0 unspecified atom stereocenters. The van der Waals surface area contributed by atoms with Crippen LogP contribution >= 0.6 is 0 Å². The molecule has 0 bridgehead atoms. The fourth-order valence-corrected chi connectivity index (χ4v) is 2.90. The Kier molecular flexibility index (Phi) is 5.63. The highest BCUT2D eigenvalue weighted by molar-refractivity contribution is 5.94. The Hall–Kier alpha value is -3.29. The largest absolute Gasteiger partial charge is 0.416 e. The number of carbonyl (C=O) groups is 1. The van der Waals surface area contributed by atoms with Crippen molar-refractivity contribution in [2.75, 3.05) is 17.2 Å². The fraction of sp³-hybridized carbons (Fsp3) is 0.238. The molecule has 0 spiro atoms. The molecule has 0 radical (unpaired) electrons. The number of nitrogens with one attached hydrogen (secondary N) is 2. The van der Waals surface area contributed by atoms with E-state index in [1.807, 2.05) is 38.1 Å². The maximum Gasteiger partial charge on any atom is 0.416 e. The summed E-state index contributed by atoms with van der Waals surface area (Å²) in [7, 11) is 0. The van der Waals surface area contributed by atoms with Crippen molar-refractivity contribution in [3.8, 4) is 5.69 Å². The van der Waals surface area contributed by atoms with Gasteiger partial charge in [0.1, 0.15) is 0 Å². The van der Waals surface area contributed by atoms with Crippen molar-refractivity contribution >= 4 is 17.3 Å². The van der Waals surface area contributed by atoms with Crippen LogP contribution in [0.15, 0.2) is 48.5 Å². The monoisotopic (exact) mass is 402 g/mol. The van der Waals surface area contributed by atoms with Gasteiger partial charge in [-0.25, -0.2) is 4.68 Å². The van der Waals surface area contributed by atoms with Crippen molar-refractivity contribution in [2.45, 2.75) is 26.9 Å². The number of aromatic nitrogens is 2. The van der Waals surface area contributed by atoms with Crippen LogP contribution in [0.25, 0.3) is 5.69 Å². The van der Waals surface area contributed by atoms with E-state index in [2.05, 4.69) is 15.7 Å². The summed E-state index contributed by atoms with van der Waals surface area (Å²) >= 11 is 0. The second kappa shape index (κ2) is 7.98. The summed E-state index contributed by atoms with van der Waals surface area (Å²) in [6.07, 6.45) is -4.39. The van der Waals surface area contributed by atoms with E-state index in [4.69, 9.17) is 0 Å². The predicted molar refractivity (Wildman–Crippen MR) is 106 cm³/mol. The molecule has 1 heterocycles. The molecule has 0 saturated carbocycles. The summed E-state index contributed by atoms with van der Waals surface area (Å²) in [6.45, 7) is 5.58. The van der Waals surface area contributed by atoms with E-state index in [-0.39, 0.29) is 12.5 Å². The number of rotatable bonds is 5. The van der Waals surface area contributed by atoms with E-state index >= 15 is 0 Å². The average molecular weight is 402 g/mol. The minimum Gasteiger partial charge on any atom is -0.376 e. The lowest BCUT2D eigenvalue weighted by Crippen LogP contribution is -2.22. The van der Waals surface area contributed by atoms with Gasteiger partial charge in [-0.2, -0.15) is 18.3 Å². The highest BCUT2D eigenvalue weighted by atomic mass is 19.4. The van der Waals surface area contributed by atoms with E-state index in [0.29, 0.717) is 17.1 Å². The van der Waals surface area contributed by atoms with Crippen molar-refractivity contribution in [1.82, 2.24) is 9.78 Å². The summed E-state index contributed by atoms with van der Waals surface area (Å²) in [5, 5.41) is 10.1. The number of hydrogen-bond acceptors (Lipinski definition) is 3. The molecule has 2 N–H and O–H groups in total. The van der Waals surface area contributed by atoms with Crippen LogP contribution in [-0.4, -0.2) is 22.2 Å². The fourth-order valence-electron chi connectivity index (χ4n) is 2.90. The van der Waals surface area contributed by atoms with Gasteiger partial charge in [0.2, 0.25) is 5.91 Å². The second-order valence-electron chi connectivity index (χ2n) is 6.77. The average Bonchev–Trinajstić information content (AvgIpc) is 2.95. The molecule has 3 rings (SSSR count).